The van der Waals surface area contributed by atoms with Crippen LogP contribution in [0.15, 0.2) is 0 Å². The zero-order valence-electron chi connectivity index (χ0n) is 5.74. The average molecular weight is 146 g/mol. The highest BCUT2D eigenvalue weighted by atomic mass is 16.6. The summed E-state index contributed by atoms with van der Waals surface area (Å²) in [5, 5.41) is 8.10. The number of hydrogen-bond acceptors (Lipinski definition) is 3. The minimum absolute atomic E-state index is 0.0579. The van der Waals surface area contributed by atoms with Gasteiger partial charge in [-0.25, -0.2) is 4.79 Å². The molecule has 2 aliphatic rings. The van der Waals surface area contributed by atoms with E-state index in [1.165, 1.54) is 0 Å². The molecule has 0 aromatic carbocycles. The van der Waals surface area contributed by atoms with Crippen LogP contribution in [-0.2, 0) is 14.3 Å². The summed E-state index contributed by atoms with van der Waals surface area (Å²) in [4.78, 5) is 9.85. The monoisotopic (exact) mass is 146 g/mol. The molecular formula is C6H10O4. The minimum atomic E-state index is -0.854. The maximum absolute atomic E-state index is 9.85. The molecule has 0 bridgehead atoms. The molecule has 58 valence electrons. The molecule has 0 saturated carbocycles. The Morgan fingerprint density at radius 3 is 2.00 bits per heavy atom. The summed E-state index contributed by atoms with van der Waals surface area (Å²) in [6, 6.07) is 0. The molecule has 1 N–H and O–H groups in total. The van der Waals surface area contributed by atoms with Gasteiger partial charge in [-0.1, -0.05) is 0 Å². The van der Waals surface area contributed by atoms with Gasteiger partial charge in [-0.05, 0) is 6.92 Å². The van der Waals surface area contributed by atoms with Gasteiger partial charge in [0.1, 0.15) is 0 Å². The molecular weight excluding hydrogens is 136 g/mol. The van der Waals surface area contributed by atoms with Gasteiger partial charge in [0.2, 0.25) is 0 Å². The fourth-order valence-corrected chi connectivity index (χ4v) is 0.445. The Hall–Kier alpha value is -0.610. The third kappa shape index (κ3) is 2.80. The van der Waals surface area contributed by atoms with Gasteiger partial charge in [0.05, 0.1) is 19.3 Å². The van der Waals surface area contributed by atoms with Gasteiger partial charge in [0.25, 0.3) is 0 Å². The topological polar surface area (TPSA) is 62.4 Å². The first-order valence-corrected chi connectivity index (χ1v) is 3.18. The molecule has 2 aliphatic heterocycles. The van der Waals surface area contributed by atoms with Gasteiger partial charge < -0.3 is 14.6 Å². The van der Waals surface area contributed by atoms with E-state index in [-0.39, 0.29) is 6.10 Å². The summed E-state index contributed by atoms with van der Waals surface area (Å²) in [5.41, 5.74) is 0. The molecule has 2 heterocycles. The lowest BCUT2D eigenvalue weighted by Crippen LogP contribution is -2.05. The summed E-state index contributed by atoms with van der Waals surface area (Å²) in [7, 11) is 0. The SMILES string of the molecule is C1CO1.CC1OC1C(=O)O. The molecule has 2 atom stereocenters. The number of epoxide rings is 2. The van der Waals surface area contributed by atoms with Crippen molar-refractivity contribution in [3.8, 4) is 0 Å². The lowest BCUT2D eigenvalue weighted by atomic mass is 10.4. The second-order valence-electron chi connectivity index (χ2n) is 2.21. The van der Waals surface area contributed by atoms with Crippen molar-refractivity contribution in [2.75, 3.05) is 13.2 Å². The van der Waals surface area contributed by atoms with Crippen molar-refractivity contribution in [1.82, 2.24) is 0 Å². The second kappa shape index (κ2) is 2.98. The third-order valence-electron chi connectivity index (χ3n) is 1.16. The van der Waals surface area contributed by atoms with Crippen LogP contribution in [0.2, 0.25) is 0 Å². The van der Waals surface area contributed by atoms with E-state index in [9.17, 15) is 4.79 Å². The summed E-state index contributed by atoms with van der Waals surface area (Å²) in [6.45, 7) is 3.73. The van der Waals surface area contributed by atoms with Gasteiger partial charge in [0, 0.05) is 0 Å². The van der Waals surface area contributed by atoms with Gasteiger partial charge in [-0.2, -0.15) is 0 Å². The Kier molecular flexibility index (Phi) is 2.24. The summed E-state index contributed by atoms with van der Waals surface area (Å²) in [5.74, 6) is -0.854. The predicted molar refractivity (Wildman–Crippen MR) is 32.8 cm³/mol. The number of carboxylic acids is 1. The van der Waals surface area contributed by atoms with Crippen LogP contribution in [0, 0.1) is 0 Å². The molecule has 2 unspecified atom stereocenters. The molecule has 0 amide bonds. The van der Waals surface area contributed by atoms with Crippen molar-refractivity contribution in [2.45, 2.75) is 19.1 Å². The Morgan fingerprint density at radius 2 is 2.00 bits per heavy atom. The quantitative estimate of drug-likeness (QED) is 0.523. The molecule has 0 aromatic rings. The van der Waals surface area contributed by atoms with Crippen LogP contribution in [0.5, 0.6) is 0 Å². The molecule has 4 nitrogen and oxygen atoms in total. The van der Waals surface area contributed by atoms with E-state index < -0.39 is 12.1 Å². The fraction of sp³-hybridized carbons (Fsp3) is 0.833. The van der Waals surface area contributed by atoms with E-state index in [1.54, 1.807) is 6.92 Å². The number of carbonyl (C=O) groups is 1. The van der Waals surface area contributed by atoms with Crippen LogP contribution in [0.1, 0.15) is 6.92 Å². The van der Waals surface area contributed by atoms with E-state index in [0.717, 1.165) is 13.2 Å². The molecule has 0 radical (unpaired) electrons. The number of ether oxygens (including phenoxy) is 2. The number of aliphatic carboxylic acids is 1. The first kappa shape index (κ1) is 7.50. The Labute approximate surface area is 58.7 Å². The smallest absolute Gasteiger partial charge is 0.335 e. The van der Waals surface area contributed by atoms with Crippen molar-refractivity contribution in [2.24, 2.45) is 0 Å². The van der Waals surface area contributed by atoms with E-state index in [1.807, 2.05) is 0 Å². The van der Waals surface area contributed by atoms with Crippen molar-refractivity contribution < 1.29 is 19.4 Å². The third-order valence-corrected chi connectivity index (χ3v) is 1.16. The Morgan fingerprint density at radius 1 is 1.60 bits per heavy atom. The van der Waals surface area contributed by atoms with Crippen LogP contribution in [0.3, 0.4) is 0 Å². The largest absolute Gasteiger partial charge is 0.479 e. The summed E-state index contributed by atoms with van der Waals surface area (Å²) >= 11 is 0. The number of hydrogen-bond donors (Lipinski definition) is 1. The van der Waals surface area contributed by atoms with E-state index in [4.69, 9.17) is 5.11 Å². The maximum Gasteiger partial charge on any atom is 0.335 e. The van der Waals surface area contributed by atoms with Crippen LogP contribution in [0.4, 0.5) is 0 Å². The molecule has 10 heavy (non-hydrogen) atoms. The summed E-state index contributed by atoms with van der Waals surface area (Å²) < 4.78 is 9.08. The lowest BCUT2D eigenvalue weighted by Gasteiger charge is -1.74. The van der Waals surface area contributed by atoms with Gasteiger partial charge in [-0.15, -0.1) is 0 Å². The Bertz CT molecular complexity index is 129. The average Bonchev–Trinajstić information content (AvgIpc) is 2.59. The van der Waals surface area contributed by atoms with Gasteiger partial charge >= 0.3 is 5.97 Å². The van der Waals surface area contributed by atoms with Crippen molar-refractivity contribution >= 4 is 5.97 Å². The minimum Gasteiger partial charge on any atom is -0.479 e. The van der Waals surface area contributed by atoms with E-state index >= 15 is 0 Å². The summed E-state index contributed by atoms with van der Waals surface area (Å²) in [6.07, 6.45) is -0.572. The van der Waals surface area contributed by atoms with E-state index in [0.29, 0.717) is 0 Å². The van der Waals surface area contributed by atoms with Crippen molar-refractivity contribution in [1.29, 1.82) is 0 Å². The van der Waals surface area contributed by atoms with Crippen molar-refractivity contribution in [3.05, 3.63) is 0 Å². The number of rotatable bonds is 1. The normalized spacial score (nSPS) is 33.7. The highest BCUT2D eigenvalue weighted by molar-refractivity contribution is 5.75. The zero-order valence-corrected chi connectivity index (χ0v) is 5.74. The standard InChI is InChI=1S/C4H6O3.C2H4O/c1-2-3(7-2)4(5)6;1-2-3-1/h2-3H,1H3,(H,5,6);1-2H2. The van der Waals surface area contributed by atoms with Crippen LogP contribution >= 0.6 is 0 Å². The molecule has 2 fully saturated rings. The lowest BCUT2D eigenvalue weighted by molar-refractivity contribution is -0.138. The fourth-order valence-electron chi connectivity index (χ4n) is 0.445. The first-order chi connectivity index (χ1) is 4.72. The Balaban J connectivity index is 0.000000138. The molecule has 4 heteroatoms. The molecule has 2 saturated heterocycles. The zero-order chi connectivity index (χ0) is 7.56. The second-order valence-corrected chi connectivity index (χ2v) is 2.21. The molecule has 0 aliphatic carbocycles. The highest BCUT2D eigenvalue weighted by Gasteiger charge is 2.40. The molecule has 0 aromatic heterocycles. The van der Waals surface area contributed by atoms with E-state index in [2.05, 4.69) is 9.47 Å². The molecule has 2 rings (SSSR count). The van der Waals surface area contributed by atoms with Gasteiger partial charge in [-0.3, -0.25) is 0 Å². The van der Waals surface area contributed by atoms with Crippen molar-refractivity contribution in [3.63, 3.8) is 0 Å². The van der Waals surface area contributed by atoms with Gasteiger partial charge in [0.15, 0.2) is 6.10 Å². The molecule has 0 spiro atoms. The highest BCUT2D eigenvalue weighted by Crippen LogP contribution is 2.20. The maximum atomic E-state index is 9.85. The number of carboxylic acid groups (broad SMARTS) is 1. The predicted octanol–water partition coefficient (Wildman–Crippen LogP) is -0.125. The van der Waals surface area contributed by atoms with Crippen LogP contribution in [-0.4, -0.2) is 36.5 Å². The van der Waals surface area contributed by atoms with Crippen LogP contribution < -0.4 is 0 Å². The van der Waals surface area contributed by atoms with Crippen LogP contribution in [0.25, 0.3) is 0 Å². The first-order valence-electron chi connectivity index (χ1n) is 3.18.